The monoisotopic (exact) mass is 262 g/mol. The Morgan fingerprint density at radius 3 is 2.42 bits per heavy atom. The zero-order chi connectivity index (χ0) is 13.1. The highest BCUT2D eigenvalue weighted by Gasteiger charge is 2.58. The molecule has 0 aromatic heterocycles. The first-order chi connectivity index (χ1) is 9.12. The summed E-state index contributed by atoms with van der Waals surface area (Å²) in [6, 6.07) is 0. The Bertz CT molecular complexity index is 355. The van der Waals surface area contributed by atoms with E-state index in [0.717, 1.165) is 24.4 Å². The Morgan fingerprint density at radius 1 is 0.947 bits per heavy atom. The molecule has 1 heteroatoms. The first-order valence-corrected chi connectivity index (χ1v) is 8.74. The van der Waals surface area contributed by atoms with E-state index in [0.29, 0.717) is 16.9 Å². The summed E-state index contributed by atoms with van der Waals surface area (Å²) in [6.45, 7) is 6.11. The van der Waals surface area contributed by atoms with Gasteiger partial charge in [-0.1, -0.05) is 13.8 Å². The molecule has 4 aliphatic rings. The van der Waals surface area contributed by atoms with E-state index in [1.165, 1.54) is 51.4 Å². The molecular formula is C18H30O. The van der Waals surface area contributed by atoms with Crippen LogP contribution in [0, 0.1) is 28.6 Å². The van der Waals surface area contributed by atoms with Crippen LogP contribution in [-0.4, -0.2) is 12.7 Å². The van der Waals surface area contributed by atoms with E-state index in [-0.39, 0.29) is 0 Å². The quantitative estimate of drug-likeness (QED) is 0.659. The van der Waals surface area contributed by atoms with Gasteiger partial charge < -0.3 is 4.74 Å². The molecule has 0 aromatic rings. The third-order valence-electron chi connectivity index (χ3n) is 7.82. The lowest BCUT2D eigenvalue weighted by atomic mass is 9.53. The zero-order valence-electron chi connectivity index (χ0n) is 12.8. The van der Waals surface area contributed by atoms with Crippen LogP contribution in [-0.2, 0) is 4.74 Å². The molecule has 3 saturated carbocycles. The van der Waals surface area contributed by atoms with E-state index in [9.17, 15) is 0 Å². The molecule has 0 spiro atoms. The molecule has 0 aromatic carbocycles. The van der Waals surface area contributed by atoms with E-state index < -0.39 is 0 Å². The van der Waals surface area contributed by atoms with Crippen LogP contribution >= 0.6 is 0 Å². The Morgan fingerprint density at radius 2 is 1.74 bits per heavy atom. The fourth-order valence-electron chi connectivity index (χ4n) is 6.34. The number of fused-ring (bicyclic) bond motifs is 3. The van der Waals surface area contributed by atoms with Crippen molar-refractivity contribution in [3.63, 3.8) is 0 Å². The van der Waals surface area contributed by atoms with Gasteiger partial charge in [0.2, 0.25) is 0 Å². The van der Waals surface area contributed by atoms with Crippen molar-refractivity contribution >= 4 is 0 Å². The van der Waals surface area contributed by atoms with Gasteiger partial charge in [0, 0.05) is 6.61 Å². The Labute approximate surface area is 118 Å². The van der Waals surface area contributed by atoms with E-state index in [2.05, 4.69) is 13.8 Å². The molecule has 4 fully saturated rings. The first kappa shape index (κ1) is 12.7. The van der Waals surface area contributed by atoms with Crippen molar-refractivity contribution in [1.29, 1.82) is 0 Å². The summed E-state index contributed by atoms with van der Waals surface area (Å²) in [7, 11) is 0. The van der Waals surface area contributed by atoms with Gasteiger partial charge in [0.15, 0.2) is 0 Å². The lowest BCUT2D eigenvalue weighted by Gasteiger charge is -2.54. The number of hydrogen-bond donors (Lipinski definition) is 0. The maximum atomic E-state index is 6.21. The first-order valence-electron chi connectivity index (χ1n) is 8.74. The highest BCUT2D eigenvalue weighted by Crippen LogP contribution is 2.67. The molecule has 1 heterocycles. The predicted molar refractivity (Wildman–Crippen MR) is 78.0 cm³/mol. The fourth-order valence-corrected chi connectivity index (χ4v) is 6.34. The second-order valence-electron chi connectivity index (χ2n) is 8.57. The van der Waals surface area contributed by atoms with Crippen LogP contribution in [0.4, 0.5) is 0 Å². The molecule has 108 valence electrons. The van der Waals surface area contributed by atoms with Crippen molar-refractivity contribution in [2.75, 3.05) is 6.61 Å². The van der Waals surface area contributed by atoms with Crippen molar-refractivity contribution in [2.24, 2.45) is 28.6 Å². The normalized spacial score (nSPS) is 57.2. The van der Waals surface area contributed by atoms with E-state index in [1.54, 1.807) is 6.42 Å². The molecule has 2 bridgehead atoms. The SMILES string of the molecule is CC1CCOC2CC(C)(C34CCC(CC3)C4)CCC12. The van der Waals surface area contributed by atoms with Gasteiger partial charge >= 0.3 is 0 Å². The summed E-state index contributed by atoms with van der Waals surface area (Å²) in [5.41, 5.74) is 1.31. The lowest BCUT2D eigenvalue weighted by molar-refractivity contribution is -0.130. The van der Waals surface area contributed by atoms with Crippen LogP contribution < -0.4 is 0 Å². The van der Waals surface area contributed by atoms with Crippen LogP contribution in [0.2, 0.25) is 0 Å². The summed E-state index contributed by atoms with van der Waals surface area (Å²) in [4.78, 5) is 0. The molecule has 1 aliphatic heterocycles. The molecule has 0 radical (unpaired) electrons. The molecule has 3 aliphatic carbocycles. The second-order valence-corrected chi connectivity index (χ2v) is 8.57. The highest BCUT2D eigenvalue weighted by atomic mass is 16.5. The smallest absolute Gasteiger partial charge is 0.0611 e. The minimum Gasteiger partial charge on any atom is -0.378 e. The molecule has 19 heavy (non-hydrogen) atoms. The van der Waals surface area contributed by atoms with Crippen LogP contribution in [0.25, 0.3) is 0 Å². The molecule has 1 nitrogen and oxygen atoms in total. The Kier molecular flexibility index (Phi) is 2.82. The summed E-state index contributed by atoms with van der Waals surface area (Å²) < 4.78 is 6.21. The predicted octanol–water partition coefficient (Wildman–Crippen LogP) is 4.80. The van der Waals surface area contributed by atoms with Crippen molar-refractivity contribution < 1.29 is 4.74 Å². The minimum atomic E-state index is 0.594. The summed E-state index contributed by atoms with van der Waals surface area (Å²) in [5.74, 6) is 2.86. The molecule has 0 amide bonds. The molecule has 4 atom stereocenters. The third kappa shape index (κ3) is 1.76. The Balaban J connectivity index is 1.56. The van der Waals surface area contributed by atoms with Gasteiger partial charge in [0.25, 0.3) is 0 Å². The maximum Gasteiger partial charge on any atom is 0.0611 e. The molecule has 4 unspecified atom stereocenters. The van der Waals surface area contributed by atoms with Crippen molar-refractivity contribution in [3.8, 4) is 0 Å². The summed E-state index contributed by atoms with van der Waals surface area (Å²) >= 11 is 0. The van der Waals surface area contributed by atoms with Crippen molar-refractivity contribution in [3.05, 3.63) is 0 Å². The molecule has 1 saturated heterocycles. The zero-order valence-corrected chi connectivity index (χ0v) is 12.8. The average molecular weight is 262 g/mol. The van der Waals surface area contributed by atoms with E-state index in [4.69, 9.17) is 4.74 Å². The number of hydrogen-bond acceptors (Lipinski definition) is 1. The van der Waals surface area contributed by atoms with Gasteiger partial charge in [-0.05, 0) is 86.4 Å². The Hall–Kier alpha value is -0.0400. The maximum absolute atomic E-state index is 6.21. The standard InChI is InChI=1S/C18H30O/c1-13-6-10-19-16-12-17(2,7-5-15(13)16)18-8-3-14(11-18)4-9-18/h13-16H,3-12H2,1-2H3. The van der Waals surface area contributed by atoms with Crippen molar-refractivity contribution in [1.82, 2.24) is 0 Å². The molecular weight excluding hydrogens is 232 g/mol. The van der Waals surface area contributed by atoms with Gasteiger partial charge in [-0.25, -0.2) is 0 Å². The molecule has 4 rings (SSSR count). The minimum absolute atomic E-state index is 0.594. The number of rotatable bonds is 1. The van der Waals surface area contributed by atoms with E-state index in [1.807, 2.05) is 0 Å². The third-order valence-corrected chi connectivity index (χ3v) is 7.82. The topological polar surface area (TPSA) is 9.23 Å². The number of ether oxygens (including phenoxy) is 1. The van der Waals surface area contributed by atoms with E-state index >= 15 is 0 Å². The summed E-state index contributed by atoms with van der Waals surface area (Å²) in [5, 5.41) is 0. The summed E-state index contributed by atoms with van der Waals surface area (Å²) in [6.07, 6.45) is 13.8. The van der Waals surface area contributed by atoms with Gasteiger partial charge in [0.1, 0.15) is 0 Å². The van der Waals surface area contributed by atoms with Crippen LogP contribution in [0.3, 0.4) is 0 Å². The van der Waals surface area contributed by atoms with Crippen molar-refractivity contribution in [2.45, 2.75) is 77.7 Å². The van der Waals surface area contributed by atoms with Gasteiger partial charge in [-0.3, -0.25) is 0 Å². The van der Waals surface area contributed by atoms with Gasteiger partial charge in [-0.15, -0.1) is 0 Å². The molecule has 0 N–H and O–H groups in total. The fraction of sp³-hybridized carbons (Fsp3) is 1.00. The van der Waals surface area contributed by atoms with Crippen LogP contribution in [0.1, 0.15) is 71.6 Å². The van der Waals surface area contributed by atoms with Crippen LogP contribution in [0.5, 0.6) is 0 Å². The highest BCUT2D eigenvalue weighted by molar-refractivity contribution is 5.08. The average Bonchev–Trinajstić information content (AvgIpc) is 3.01. The van der Waals surface area contributed by atoms with Crippen LogP contribution in [0.15, 0.2) is 0 Å². The lowest BCUT2D eigenvalue weighted by Crippen LogP contribution is -2.49. The second kappa shape index (κ2) is 4.23. The largest absolute Gasteiger partial charge is 0.378 e. The van der Waals surface area contributed by atoms with Gasteiger partial charge in [-0.2, -0.15) is 0 Å². The van der Waals surface area contributed by atoms with Gasteiger partial charge in [0.05, 0.1) is 6.10 Å².